The van der Waals surface area contributed by atoms with Crippen LogP contribution in [0.15, 0.2) is 17.2 Å². The van der Waals surface area contributed by atoms with E-state index < -0.39 is 10.0 Å². The summed E-state index contributed by atoms with van der Waals surface area (Å²) in [4.78, 5) is 0.394. The van der Waals surface area contributed by atoms with Gasteiger partial charge in [0.25, 0.3) is 0 Å². The van der Waals surface area contributed by atoms with Gasteiger partial charge in [0.05, 0.1) is 0 Å². The summed E-state index contributed by atoms with van der Waals surface area (Å²) in [6.07, 6.45) is 4.01. The van der Waals surface area contributed by atoms with E-state index in [1.165, 1.54) is 4.31 Å². The molecule has 0 radical (unpaired) electrons. The van der Waals surface area contributed by atoms with Crippen LogP contribution >= 0.6 is 0 Å². The molecule has 1 aromatic heterocycles. The highest BCUT2D eigenvalue weighted by Gasteiger charge is 2.29. The van der Waals surface area contributed by atoms with E-state index in [4.69, 9.17) is 0 Å². The average molecular weight is 285 g/mol. The first-order valence-electron chi connectivity index (χ1n) is 6.77. The number of sulfonamides is 1. The van der Waals surface area contributed by atoms with Crippen molar-refractivity contribution in [3.63, 3.8) is 0 Å². The van der Waals surface area contributed by atoms with E-state index in [0.717, 1.165) is 25.1 Å². The zero-order chi connectivity index (χ0) is 14.0. The Labute approximate surface area is 115 Å². The molecule has 1 heterocycles. The predicted octanol–water partition coefficient (Wildman–Crippen LogP) is 1.17. The Morgan fingerprint density at radius 3 is 2.74 bits per heavy atom. The van der Waals surface area contributed by atoms with Crippen LogP contribution in [0.2, 0.25) is 0 Å². The average Bonchev–Trinajstić information content (AvgIpc) is 3.08. The SMILES string of the molecule is CCNCc1cc(S(=O)(=O)N(C)CC2CC2)cn1C. The summed E-state index contributed by atoms with van der Waals surface area (Å²) in [6.45, 7) is 4.23. The van der Waals surface area contributed by atoms with Gasteiger partial charge in [-0.3, -0.25) is 0 Å². The van der Waals surface area contributed by atoms with Crippen LogP contribution in [0.4, 0.5) is 0 Å². The maximum Gasteiger partial charge on any atom is 0.244 e. The quantitative estimate of drug-likeness (QED) is 0.818. The summed E-state index contributed by atoms with van der Waals surface area (Å²) in [5.74, 6) is 0.560. The molecule has 6 heteroatoms. The van der Waals surface area contributed by atoms with Crippen molar-refractivity contribution in [2.45, 2.75) is 31.2 Å². The van der Waals surface area contributed by atoms with Crippen molar-refractivity contribution in [2.75, 3.05) is 20.1 Å². The summed E-state index contributed by atoms with van der Waals surface area (Å²) in [6, 6.07) is 1.77. The van der Waals surface area contributed by atoms with Gasteiger partial charge in [-0.25, -0.2) is 12.7 Å². The molecule has 108 valence electrons. The van der Waals surface area contributed by atoms with Gasteiger partial charge in [-0.05, 0) is 31.4 Å². The minimum Gasteiger partial charge on any atom is -0.352 e. The molecule has 0 saturated heterocycles. The van der Waals surface area contributed by atoms with Gasteiger partial charge in [-0.1, -0.05) is 6.92 Å². The number of rotatable bonds is 7. The number of nitrogens with one attached hydrogen (secondary N) is 1. The summed E-state index contributed by atoms with van der Waals surface area (Å²) in [5.41, 5.74) is 0.986. The first-order valence-corrected chi connectivity index (χ1v) is 8.21. The smallest absolute Gasteiger partial charge is 0.244 e. The topological polar surface area (TPSA) is 54.3 Å². The molecule has 1 saturated carbocycles. The van der Waals surface area contributed by atoms with Gasteiger partial charge in [-0.15, -0.1) is 0 Å². The van der Waals surface area contributed by atoms with E-state index in [-0.39, 0.29) is 0 Å². The predicted molar refractivity (Wildman–Crippen MR) is 75.3 cm³/mol. The summed E-state index contributed by atoms with van der Waals surface area (Å²) in [7, 11) is 0.217. The Kier molecular flexibility index (Phi) is 4.32. The molecule has 0 aliphatic heterocycles. The van der Waals surface area contributed by atoms with Gasteiger partial charge >= 0.3 is 0 Å². The third-order valence-electron chi connectivity index (χ3n) is 3.56. The Bertz CT molecular complexity index is 532. The molecule has 0 bridgehead atoms. The highest BCUT2D eigenvalue weighted by Crippen LogP contribution is 2.31. The first kappa shape index (κ1) is 14.6. The zero-order valence-electron chi connectivity index (χ0n) is 11.9. The van der Waals surface area contributed by atoms with Crippen LogP contribution in [0, 0.1) is 5.92 Å². The van der Waals surface area contributed by atoms with Crippen LogP contribution < -0.4 is 5.32 Å². The molecule has 0 aromatic carbocycles. The fourth-order valence-electron chi connectivity index (χ4n) is 2.09. The summed E-state index contributed by atoms with van der Waals surface area (Å²) >= 11 is 0. The lowest BCUT2D eigenvalue weighted by Crippen LogP contribution is -2.28. The molecular formula is C13H23N3O2S. The van der Waals surface area contributed by atoms with E-state index in [1.807, 2.05) is 18.5 Å². The van der Waals surface area contributed by atoms with Crippen LogP contribution in [0.5, 0.6) is 0 Å². The van der Waals surface area contributed by atoms with E-state index in [0.29, 0.717) is 23.9 Å². The van der Waals surface area contributed by atoms with Gasteiger partial charge in [0.1, 0.15) is 4.90 Å². The van der Waals surface area contributed by atoms with Gasteiger partial charge < -0.3 is 9.88 Å². The van der Waals surface area contributed by atoms with Gasteiger partial charge in [0, 0.05) is 39.1 Å². The maximum atomic E-state index is 12.4. The van der Waals surface area contributed by atoms with Crippen molar-refractivity contribution in [2.24, 2.45) is 13.0 Å². The van der Waals surface area contributed by atoms with E-state index in [2.05, 4.69) is 5.32 Å². The third-order valence-corrected chi connectivity index (χ3v) is 5.35. The van der Waals surface area contributed by atoms with E-state index >= 15 is 0 Å². The number of nitrogens with zero attached hydrogens (tertiary/aromatic N) is 2. The monoisotopic (exact) mass is 285 g/mol. The second kappa shape index (κ2) is 5.64. The van der Waals surface area contributed by atoms with Crippen molar-refractivity contribution < 1.29 is 8.42 Å². The molecule has 2 rings (SSSR count). The lowest BCUT2D eigenvalue weighted by molar-refractivity contribution is 0.453. The number of aromatic nitrogens is 1. The van der Waals surface area contributed by atoms with Gasteiger partial charge in [0.2, 0.25) is 10.0 Å². The third kappa shape index (κ3) is 3.38. The Morgan fingerprint density at radius 2 is 2.16 bits per heavy atom. The molecule has 19 heavy (non-hydrogen) atoms. The lowest BCUT2D eigenvalue weighted by atomic mass is 10.4. The van der Waals surface area contributed by atoms with Crippen molar-refractivity contribution in [3.8, 4) is 0 Å². The first-order chi connectivity index (χ1) is 8.95. The van der Waals surface area contributed by atoms with E-state index in [9.17, 15) is 8.42 Å². The standard InChI is InChI=1S/C13H23N3O2S/c1-4-14-8-12-7-13(10-15(12)2)19(17,18)16(3)9-11-5-6-11/h7,10-11,14H,4-6,8-9H2,1-3H3. The molecule has 1 fully saturated rings. The fourth-order valence-corrected chi connectivity index (χ4v) is 3.43. The molecule has 5 nitrogen and oxygen atoms in total. The van der Waals surface area contributed by atoms with Crippen LogP contribution in [0.3, 0.4) is 0 Å². The van der Waals surface area contributed by atoms with Gasteiger partial charge in [0.15, 0.2) is 0 Å². The molecule has 0 unspecified atom stereocenters. The second-order valence-corrected chi connectivity index (χ2v) is 7.33. The number of aryl methyl sites for hydroxylation is 1. The highest BCUT2D eigenvalue weighted by molar-refractivity contribution is 7.89. The van der Waals surface area contributed by atoms with Crippen molar-refractivity contribution in [3.05, 3.63) is 18.0 Å². The molecule has 1 aromatic rings. The Hall–Kier alpha value is -0.850. The molecule has 1 aliphatic carbocycles. The van der Waals surface area contributed by atoms with Crippen LogP contribution in [-0.2, 0) is 23.6 Å². The van der Waals surface area contributed by atoms with Crippen LogP contribution in [0.25, 0.3) is 0 Å². The summed E-state index contributed by atoms with van der Waals surface area (Å²) in [5, 5.41) is 3.21. The van der Waals surface area contributed by atoms with Crippen molar-refractivity contribution in [1.82, 2.24) is 14.2 Å². The molecule has 0 amide bonds. The van der Waals surface area contributed by atoms with Crippen molar-refractivity contribution >= 4 is 10.0 Å². The lowest BCUT2D eigenvalue weighted by Gasteiger charge is -2.15. The highest BCUT2D eigenvalue weighted by atomic mass is 32.2. The number of hydrogen-bond acceptors (Lipinski definition) is 3. The number of hydrogen-bond donors (Lipinski definition) is 1. The van der Waals surface area contributed by atoms with E-state index in [1.54, 1.807) is 19.3 Å². The van der Waals surface area contributed by atoms with Crippen molar-refractivity contribution in [1.29, 1.82) is 0 Å². The second-order valence-electron chi connectivity index (χ2n) is 5.29. The van der Waals surface area contributed by atoms with Gasteiger partial charge in [-0.2, -0.15) is 0 Å². The fraction of sp³-hybridized carbons (Fsp3) is 0.692. The minimum atomic E-state index is -3.34. The van der Waals surface area contributed by atoms with Crippen LogP contribution in [-0.4, -0.2) is 37.4 Å². The molecule has 1 aliphatic rings. The van der Waals surface area contributed by atoms with Crippen LogP contribution in [0.1, 0.15) is 25.5 Å². The maximum absolute atomic E-state index is 12.4. The zero-order valence-corrected chi connectivity index (χ0v) is 12.7. The Morgan fingerprint density at radius 1 is 1.47 bits per heavy atom. The normalized spacial score (nSPS) is 16.2. The molecule has 0 atom stereocenters. The minimum absolute atomic E-state index is 0.394. The molecule has 0 spiro atoms. The Balaban J connectivity index is 2.14. The largest absolute Gasteiger partial charge is 0.352 e. The summed E-state index contributed by atoms with van der Waals surface area (Å²) < 4.78 is 28.2. The molecular weight excluding hydrogens is 262 g/mol. The molecule has 1 N–H and O–H groups in total.